The van der Waals surface area contributed by atoms with Crippen LogP contribution in [-0.4, -0.2) is 0 Å². The maximum Gasteiger partial charge on any atom is 0.140 e. The van der Waals surface area contributed by atoms with Crippen LogP contribution >= 0.6 is 0 Å². The Morgan fingerprint density at radius 2 is 0.934 bits per heavy atom. The van der Waals surface area contributed by atoms with Crippen molar-refractivity contribution >= 4 is 49.6 Å². The van der Waals surface area contributed by atoms with Crippen molar-refractivity contribution in [3.8, 4) is 44.7 Å². The Labute approximate surface area is 354 Å². The quantitative estimate of drug-likeness (QED) is 0.173. The van der Waals surface area contributed by atoms with Crippen molar-refractivity contribution in [2.45, 2.75) is 5.41 Å². The van der Waals surface area contributed by atoms with Crippen molar-refractivity contribution in [1.29, 1.82) is 0 Å². The number of rotatable bonds is 5. The van der Waals surface area contributed by atoms with Gasteiger partial charge in [0.1, 0.15) is 11.3 Å². The summed E-state index contributed by atoms with van der Waals surface area (Å²) in [5.41, 5.74) is 17.5. The fourth-order valence-corrected chi connectivity index (χ4v) is 10.6. The maximum absolute atomic E-state index is 6.80. The van der Waals surface area contributed by atoms with Crippen LogP contribution < -0.4 is 4.90 Å². The van der Waals surface area contributed by atoms with E-state index in [9.17, 15) is 0 Å². The standard InChI is InChI=1S/C59H37NO/c1-2-13-38(14-3-1)39-27-31-45(32-28-39)60(55-23-12-16-40-15-4-5-17-47(40)55)46-33-29-42-35-41(25-26-43(42)36-46)44-30-34-50-54(37-44)59(57-51-20-8-11-24-56(51)61-58(50)57)52-21-9-6-18-48(52)49-19-7-10-22-53(49)59/h1-37H. The third-order valence-corrected chi connectivity index (χ3v) is 13.2. The summed E-state index contributed by atoms with van der Waals surface area (Å²) < 4.78 is 6.80. The van der Waals surface area contributed by atoms with Crippen LogP contribution in [0, 0.1) is 0 Å². The van der Waals surface area contributed by atoms with Gasteiger partial charge in [0.15, 0.2) is 0 Å². The van der Waals surface area contributed by atoms with Gasteiger partial charge < -0.3 is 9.32 Å². The minimum Gasteiger partial charge on any atom is -0.456 e. The highest BCUT2D eigenvalue weighted by molar-refractivity contribution is 6.04. The predicted octanol–water partition coefficient (Wildman–Crippen LogP) is 15.9. The second kappa shape index (κ2) is 13.0. The van der Waals surface area contributed by atoms with E-state index in [1.54, 1.807) is 0 Å². The minimum atomic E-state index is -0.490. The summed E-state index contributed by atoms with van der Waals surface area (Å²) in [6, 6.07) is 82.1. The van der Waals surface area contributed by atoms with Gasteiger partial charge in [0, 0.05) is 33.3 Å². The molecule has 0 aliphatic heterocycles. The van der Waals surface area contributed by atoms with E-state index < -0.39 is 5.41 Å². The van der Waals surface area contributed by atoms with Crippen molar-refractivity contribution in [2.75, 3.05) is 4.90 Å². The van der Waals surface area contributed by atoms with Crippen molar-refractivity contribution < 1.29 is 4.42 Å². The molecule has 1 heterocycles. The van der Waals surface area contributed by atoms with Gasteiger partial charge in [-0.1, -0.05) is 176 Å². The number of hydrogen-bond donors (Lipinski definition) is 0. The molecule has 2 aliphatic carbocycles. The molecule has 0 bridgehead atoms. The van der Waals surface area contributed by atoms with E-state index in [1.807, 2.05) is 0 Å². The minimum absolute atomic E-state index is 0.490. The lowest BCUT2D eigenvalue weighted by atomic mass is 9.70. The van der Waals surface area contributed by atoms with Gasteiger partial charge in [-0.3, -0.25) is 0 Å². The van der Waals surface area contributed by atoms with Crippen LogP contribution in [0.1, 0.15) is 22.3 Å². The Balaban J connectivity index is 0.948. The fraction of sp³-hybridized carbons (Fsp3) is 0.0169. The van der Waals surface area contributed by atoms with Gasteiger partial charge in [-0.15, -0.1) is 0 Å². The third kappa shape index (κ3) is 4.91. The first-order valence-corrected chi connectivity index (χ1v) is 21.1. The van der Waals surface area contributed by atoms with E-state index in [0.29, 0.717) is 0 Å². The molecule has 0 N–H and O–H groups in total. The lowest BCUT2D eigenvalue weighted by molar-refractivity contribution is 0.628. The molecule has 0 saturated heterocycles. The Morgan fingerprint density at radius 3 is 1.75 bits per heavy atom. The first kappa shape index (κ1) is 34.0. The number of nitrogens with zero attached hydrogens (tertiary/aromatic N) is 1. The van der Waals surface area contributed by atoms with Gasteiger partial charge in [-0.05, 0) is 115 Å². The molecule has 1 aromatic heterocycles. The lowest BCUT2D eigenvalue weighted by Crippen LogP contribution is -2.25. The van der Waals surface area contributed by atoms with E-state index in [-0.39, 0.29) is 0 Å². The highest BCUT2D eigenvalue weighted by Crippen LogP contribution is 2.65. The smallest absolute Gasteiger partial charge is 0.140 e. The molecule has 0 unspecified atom stereocenters. The van der Waals surface area contributed by atoms with Crippen LogP contribution in [-0.2, 0) is 5.41 Å². The zero-order chi connectivity index (χ0) is 40.1. The van der Waals surface area contributed by atoms with Gasteiger partial charge in [-0.2, -0.15) is 0 Å². The molecule has 2 aliphatic rings. The van der Waals surface area contributed by atoms with Gasteiger partial charge >= 0.3 is 0 Å². The summed E-state index contributed by atoms with van der Waals surface area (Å²) in [5.74, 6) is 0.978. The maximum atomic E-state index is 6.80. The van der Waals surface area contributed by atoms with Crippen LogP contribution in [0.5, 0.6) is 0 Å². The first-order chi connectivity index (χ1) is 30.2. The zero-order valence-corrected chi connectivity index (χ0v) is 33.2. The summed E-state index contributed by atoms with van der Waals surface area (Å²) in [5, 5.41) is 5.99. The number of fused-ring (bicyclic) bond motifs is 14. The molecular weight excluding hydrogens is 739 g/mol. The molecule has 2 nitrogen and oxygen atoms in total. The SMILES string of the molecule is c1ccc(-c2ccc(N(c3ccc4cc(-c5ccc6c(c5)C5(c7ccccc7-c7ccccc75)c5c-6oc6ccccc56)ccc4c3)c3cccc4ccccc34)cc2)cc1. The van der Waals surface area contributed by atoms with Crippen LogP contribution in [0.25, 0.3) is 77.2 Å². The average molecular weight is 776 g/mol. The van der Waals surface area contributed by atoms with E-state index in [1.165, 1.54) is 82.6 Å². The number of anilines is 3. The van der Waals surface area contributed by atoms with Gasteiger partial charge in [0.05, 0.1) is 11.1 Å². The van der Waals surface area contributed by atoms with Crippen LogP contribution in [0.4, 0.5) is 17.1 Å². The number of benzene rings is 10. The molecule has 11 aromatic rings. The van der Waals surface area contributed by atoms with E-state index >= 15 is 0 Å². The third-order valence-electron chi connectivity index (χ3n) is 13.2. The van der Waals surface area contributed by atoms with Crippen molar-refractivity contribution in [3.63, 3.8) is 0 Å². The predicted molar refractivity (Wildman–Crippen MR) is 253 cm³/mol. The van der Waals surface area contributed by atoms with E-state index in [4.69, 9.17) is 4.42 Å². The first-order valence-electron chi connectivity index (χ1n) is 21.1. The van der Waals surface area contributed by atoms with Crippen LogP contribution in [0.2, 0.25) is 0 Å². The second-order valence-electron chi connectivity index (χ2n) is 16.4. The Bertz CT molecular complexity index is 3490. The average Bonchev–Trinajstić information content (AvgIpc) is 3.95. The molecule has 10 aromatic carbocycles. The second-order valence-corrected chi connectivity index (χ2v) is 16.4. The lowest BCUT2D eigenvalue weighted by Gasteiger charge is -2.30. The summed E-state index contributed by atoms with van der Waals surface area (Å²) >= 11 is 0. The van der Waals surface area contributed by atoms with Gasteiger partial charge in [0.2, 0.25) is 0 Å². The largest absolute Gasteiger partial charge is 0.456 e. The molecule has 13 rings (SSSR count). The van der Waals surface area contributed by atoms with Gasteiger partial charge in [0.25, 0.3) is 0 Å². The summed E-state index contributed by atoms with van der Waals surface area (Å²) in [6.45, 7) is 0. The fourth-order valence-electron chi connectivity index (χ4n) is 10.6. The molecule has 0 atom stereocenters. The molecule has 0 fully saturated rings. The van der Waals surface area contributed by atoms with Crippen LogP contribution in [0.3, 0.4) is 0 Å². The highest BCUT2D eigenvalue weighted by atomic mass is 16.3. The molecule has 284 valence electrons. The molecule has 2 heteroatoms. The monoisotopic (exact) mass is 775 g/mol. The van der Waals surface area contributed by atoms with Crippen molar-refractivity contribution in [2.24, 2.45) is 0 Å². The van der Waals surface area contributed by atoms with Crippen molar-refractivity contribution in [1.82, 2.24) is 0 Å². The molecular formula is C59H37NO. The highest BCUT2D eigenvalue weighted by Gasteiger charge is 2.54. The molecule has 0 radical (unpaired) electrons. The number of hydrogen-bond acceptors (Lipinski definition) is 2. The van der Waals surface area contributed by atoms with E-state index in [0.717, 1.165) is 34.0 Å². The Morgan fingerprint density at radius 1 is 0.344 bits per heavy atom. The molecule has 0 amide bonds. The zero-order valence-electron chi connectivity index (χ0n) is 33.2. The molecule has 61 heavy (non-hydrogen) atoms. The Kier molecular flexibility index (Phi) is 7.26. The molecule has 0 saturated carbocycles. The normalized spacial score (nSPS) is 13.0. The van der Waals surface area contributed by atoms with Crippen molar-refractivity contribution in [3.05, 3.63) is 247 Å². The van der Waals surface area contributed by atoms with Crippen LogP contribution in [0.15, 0.2) is 229 Å². The number of furan rings is 1. The number of para-hydroxylation sites is 1. The summed E-state index contributed by atoms with van der Waals surface area (Å²) in [4.78, 5) is 2.40. The summed E-state index contributed by atoms with van der Waals surface area (Å²) in [6.07, 6.45) is 0. The van der Waals surface area contributed by atoms with Gasteiger partial charge in [-0.25, -0.2) is 0 Å². The Hall–Kier alpha value is -7.94. The molecule has 1 spiro atoms. The summed E-state index contributed by atoms with van der Waals surface area (Å²) in [7, 11) is 0. The van der Waals surface area contributed by atoms with E-state index in [2.05, 4.69) is 229 Å². The topological polar surface area (TPSA) is 16.4 Å².